The molecule has 2 aromatic rings. The molecule has 0 spiro atoms. The van der Waals surface area contributed by atoms with Crippen molar-refractivity contribution < 1.29 is 28.5 Å². The maximum absolute atomic E-state index is 13.1. The molecule has 0 saturated carbocycles. The number of hydrogen-bond acceptors (Lipinski definition) is 7. The minimum Gasteiger partial charge on any atom is -0.493 e. The van der Waals surface area contributed by atoms with Gasteiger partial charge < -0.3 is 24.3 Å². The number of esters is 1. The van der Waals surface area contributed by atoms with Crippen molar-refractivity contribution in [3.63, 3.8) is 0 Å². The summed E-state index contributed by atoms with van der Waals surface area (Å²) in [5.41, 5.74) is 1.83. The number of amides is 1. The fourth-order valence-electron chi connectivity index (χ4n) is 3.90. The molecular formula is C23H29NO6S. The SMILES string of the molecule is CCOC(=O)c1c(NC(=O)c2cc(OC)c(OC)c(OC)c2)sc2c1CC[C@H](CC)C2. The topological polar surface area (TPSA) is 83.1 Å². The minimum absolute atomic E-state index is 0.279. The highest BCUT2D eigenvalue weighted by molar-refractivity contribution is 7.17. The van der Waals surface area contributed by atoms with Crippen LogP contribution in [0, 0.1) is 5.92 Å². The summed E-state index contributed by atoms with van der Waals surface area (Å²) in [5, 5.41) is 3.45. The van der Waals surface area contributed by atoms with Gasteiger partial charge in [-0.15, -0.1) is 11.3 Å². The van der Waals surface area contributed by atoms with Crippen molar-refractivity contribution in [3.8, 4) is 17.2 Å². The van der Waals surface area contributed by atoms with Gasteiger partial charge in [0.2, 0.25) is 5.75 Å². The van der Waals surface area contributed by atoms with Crippen molar-refractivity contribution in [2.75, 3.05) is 33.3 Å². The van der Waals surface area contributed by atoms with E-state index in [4.69, 9.17) is 18.9 Å². The van der Waals surface area contributed by atoms with Gasteiger partial charge in [0.05, 0.1) is 33.5 Å². The molecule has 0 aliphatic heterocycles. The van der Waals surface area contributed by atoms with Crippen LogP contribution in [0.5, 0.6) is 17.2 Å². The fourth-order valence-corrected chi connectivity index (χ4v) is 5.24. The van der Waals surface area contributed by atoms with Gasteiger partial charge in [0.15, 0.2) is 11.5 Å². The number of rotatable bonds is 8. The molecular weight excluding hydrogens is 418 g/mol. The number of hydrogen-bond donors (Lipinski definition) is 1. The number of carbonyl (C=O) groups excluding carboxylic acids is 2. The summed E-state index contributed by atoms with van der Waals surface area (Å²) in [4.78, 5) is 27.0. The lowest BCUT2D eigenvalue weighted by Gasteiger charge is -2.20. The Morgan fingerprint density at radius 3 is 2.32 bits per heavy atom. The number of ether oxygens (including phenoxy) is 4. The molecule has 1 atom stereocenters. The minimum atomic E-state index is -0.393. The Kier molecular flexibility index (Phi) is 7.43. The largest absolute Gasteiger partial charge is 0.493 e. The highest BCUT2D eigenvalue weighted by Crippen LogP contribution is 2.42. The third-order valence-corrected chi connectivity index (χ3v) is 6.75. The van der Waals surface area contributed by atoms with Gasteiger partial charge in [0, 0.05) is 10.4 Å². The predicted molar refractivity (Wildman–Crippen MR) is 120 cm³/mol. The molecule has 1 aliphatic carbocycles. The Labute approximate surface area is 186 Å². The van der Waals surface area contributed by atoms with E-state index in [2.05, 4.69) is 12.2 Å². The Balaban J connectivity index is 1.98. The van der Waals surface area contributed by atoms with Crippen LogP contribution in [0.1, 0.15) is 57.8 Å². The number of carbonyl (C=O) groups is 2. The summed E-state index contributed by atoms with van der Waals surface area (Å²) in [6.45, 7) is 4.24. The maximum Gasteiger partial charge on any atom is 0.341 e. The molecule has 1 aromatic carbocycles. The van der Waals surface area contributed by atoms with Crippen LogP contribution < -0.4 is 19.5 Å². The van der Waals surface area contributed by atoms with E-state index in [0.29, 0.717) is 39.3 Å². The van der Waals surface area contributed by atoms with Gasteiger partial charge in [-0.3, -0.25) is 4.79 Å². The second kappa shape index (κ2) is 10.0. The molecule has 0 fully saturated rings. The molecule has 0 radical (unpaired) electrons. The van der Waals surface area contributed by atoms with Crippen molar-refractivity contribution in [1.82, 2.24) is 0 Å². The van der Waals surface area contributed by atoms with E-state index in [0.717, 1.165) is 36.1 Å². The van der Waals surface area contributed by atoms with Crippen LogP contribution >= 0.6 is 11.3 Å². The van der Waals surface area contributed by atoms with E-state index >= 15 is 0 Å². The van der Waals surface area contributed by atoms with E-state index in [1.54, 1.807) is 19.1 Å². The van der Waals surface area contributed by atoms with Crippen LogP contribution in [0.3, 0.4) is 0 Å². The highest BCUT2D eigenvalue weighted by Gasteiger charge is 2.30. The Morgan fingerprint density at radius 1 is 1.10 bits per heavy atom. The van der Waals surface area contributed by atoms with Crippen molar-refractivity contribution in [2.45, 2.75) is 39.5 Å². The summed E-state index contributed by atoms with van der Waals surface area (Å²) in [7, 11) is 4.50. The summed E-state index contributed by atoms with van der Waals surface area (Å²) in [6, 6.07) is 3.17. The van der Waals surface area contributed by atoms with Crippen molar-refractivity contribution in [1.29, 1.82) is 0 Å². The molecule has 1 amide bonds. The number of fused-ring (bicyclic) bond motifs is 1. The molecule has 0 unspecified atom stereocenters. The standard InChI is InChI=1S/C23H29NO6S/c1-6-13-8-9-15-18(10-13)31-22(19(15)23(26)30-7-2)24-21(25)14-11-16(27-3)20(29-5)17(12-14)28-4/h11-13H,6-10H2,1-5H3,(H,24,25)/t13-/m0/s1. The third-order valence-electron chi connectivity index (χ3n) is 5.58. The maximum atomic E-state index is 13.1. The smallest absolute Gasteiger partial charge is 0.341 e. The monoisotopic (exact) mass is 447 g/mol. The van der Waals surface area contributed by atoms with E-state index in [1.807, 2.05) is 0 Å². The second-order valence-electron chi connectivity index (χ2n) is 7.31. The molecule has 0 bridgehead atoms. The number of methoxy groups -OCH3 is 3. The molecule has 1 N–H and O–H groups in total. The molecule has 1 aromatic heterocycles. The quantitative estimate of drug-likeness (QED) is 0.590. The zero-order valence-corrected chi connectivity index (χ0v) is 19.4. The summed E-state index contributed by atoms with van der Waals surface area (Å²) < 4.78 is 21.3. The number of nitrogens with one attached hydrogen (secondary N) is 1. The molecule has 168 valence electrons. The zero-order valence-electron chi connectivity index (χ0n) is 18.6. The molecule has 8 heteroatoms. The van der Waals surface area contributed by atoms with Gasteiger partial charge in [-0.1, -0.05) is 13.3 Å². The lowest BCUT2D eigenvalue weighted by Crippen LogP contribution is -2.17. The number of anilines is 1. The first-order chi connectivity index (χ1) is 15.0. The molecule has 0 saturated heterocycles. The van der Waals surface area contributed by atoms with Gasteiger partial charge in [-0.05, 0) is 49.8 Å². The van der Waals surface area contributed by atoms with Gasteiger partial charge in [0.25, 0.3) is 5.91 Å². The van der Waals surface area contributed by atoms with E-state index in [-0.39, 0.29) is 12.5 Å². The molecule has 1 aliphatic rings. The Bertz CT molecular complexity index is 942. The molecule has 1 heterocycles. The van der Waals surface area contributed by atoms with Gasteiger partial charge >= 0.3 is 5.97 Å². The van der Waals surface area contributed by atoms with E-state index in [9.17, 15) is 9.59 Å². The van der Waals surface area contributed by atoms with Gasteiger partial charge in [-0.2, -0.15) is 0 Å². The van der Waals surface area contributed by atoms with Crippen molar-refractivity contribution >= 4 is 28.2 Å². The first-order valence-electron chi connectivity index (χ1n) is 10.4. The summed E-state index contributed by atoms with van der Waals surface area (Å²) in [5.74, 6) is 1.01. The first-order valence-corrected chi connectivity index (χ1v) is 11.2. The number of benzene rings is 1. The van der Waals surface area contributed by atoms with Crippen LogP contribution in [-0.4, -0.2) is 39.8 Å². The lowest BCUT2D eigenvalue weighted by molar-refractivity contribution is 0.0526. The molecule has 3 rings (SSSR count). The van der Waals surface area contributed by atoms with E-state index in [1.165, 1.54) is 32.7 Å². The Morgan fingerprint density at radius 2 is 1.77 bits per heavy atom. The van der Waals surface area contributed by atoms with Gasteiger partial charge in [0.1, 0.15) is 5.00 Å². The Hall–Kier alpha value is -2.74. The van der Waals surface area contributed by atoms with Crippen molar-refractivity contribution in [3.05, 3.63) is 33.7 Å². The van der Waals surface area contributed by atoms with E-state index < -0.39 is 5.97 Å². The van der Waals surface area contributed by atoms with Crippen LogP contribution in [0.4, 0.5) is 5.00 Å². The van der Waals surface area contributed by atoms with Crippen molar-refractivity contribution in [2.24, 2.45) is 5.92 Å². The van der Waals surface area contributed by atoms with Crippen LogP contribution in [0.2, 0.25) is 0 Å². The molecule has 31 heavy (non-hydrogen) atoms. The van der Waals surface area contributed by atoms with Crippen LogP contribution in [0.15, 0.2) is 12.1 Å². The fraction of sp³-hybridized carbons (Fsp3) is 0.478. The van der Waals surface area contributed by atoms with Crippen LogP contribution in [-0.2, 0) is 17.6 Å². The normalized spacial score (nSPS) is 15.1. The average molecular weight is 448 g/mol. The summed E-state index contributed by atoms with van der Waals surface area (Å²) in [6.07, 6.45) is 3.87. The summed E-state index contributed by atoms with van der Waals surface area (Å²) >= 11 is 1.47. The lowest BCUT2D eigenvalue weighted by atomic mass is 9.85. The second-order valence-corrected chi connectivity index (χ2v) is 8.42. The highest BCUT2D eigenvalue weighted by atomic mass is 32.1. The first kappa shape index (κ1) is 22.9. The predicted octanol–water partition coefficient (Wildman–Crippen LogP) is 4.72. The average Bonchev–Trinajstić information content (AvgIpc) is 3.14. The van der Waals surface area contributed by atoms with Gasteiger partial charge in [-0.25, -0.2) is 4.79 Å². The zero-order chi connectivity index (χ0) is 22.5. The third kappa shape index (κ3) is 4.63. The van der Waals surface area contributed by atoms with Crippen LogP contribution in [0.25, 0.3) is 0 Å². The molecule has 7 nitrogen and oxygen atoms in total. The number of thiophene rings is 1.